The summed E-state index contributed by atoms with van der Waals surface area (Å²) in [6.07, 6.45) is 34.9. The largest absolute Gasteiger partial charge is 0.0654 e. The Bertz CT molecular complexity index is 333. The Hall–Kier alpha value is 0. The van der Waals surface area contributed by atoms with E-state index in [1.807, 2.05) is 0 Å². The third-order valence-corrected chi connectivity index (χ3v) is 8.13. The van der Waals surface area contributed by atoms with E-state index in [0.29, 0.717) is 5.41 Å². The monoisotopic (exact) mass is 437 g/mol. The Morgan fingerprint density at radius 1 is 0.419 bits per heavy atom. The predicted molar refractivity (Wildman–Crippen MR) is 145 cm³/mol. The number of hydrogen-bond acceptors (Lipinski definition) is 0. The fourth-order valence-corrected chi connectivity index (χ4v) is 5.35. The summed E-state index contributed by atoms with van der Waals surface area (Å²) in [5, 5.41) is 0. The zero-order valence-corrected chi connectivity index (χ0v) is 23.0. The van der Waals surface area contributed by atoms with Gasteiger partial charge in [0.1, 0.15) is 0 Å². The van der Waals surface area contributed by atoms with Crippen LogP contribution in [0.15, 0.2) is 0 Å². The summed E-state index contributed by atoms with van der Waals surface area (Å²) >= 11 is 0. The minimum atomic E-state index is 0.594. The van der Waals surface area contributed by atoms with Gasteiger partial charge in [0.15, 0.2) is 0 Å². The minimum Gasteiger partial charge on any atom is -0.0654 e. The van der Waals surface area contributed by atoms with E-state index in [4.69, 9.17) is 0 Å². The SMILES string of the molecule is CCCCCCCCCCCCC(C)C(C)(CCCCC)CCCCCCCCCC. The molecule has 0 fully saturated rings. The Kier molecular flexibility index (Phi) is 23.2. The summed E-state index contributed by atoms with van der Waals surface area (Å²) < 4.78 is 0. The van der Waals surface area contributed by atoms with Crippen molar-refractivity contribution in [2.75, 3.05) is 0 Å². The van der Waals surface area contributed by atoms with Gasteiger partial charge in [-0.3, -0.25) is 0 Å². The second-order valence-electron chi connectivity index (χ2n) is 11.2. The summed E-state index contributed by atoms with van der Waals surface area (Å²) in [6.45, 7) is 12.2. The first-order valence-corrected chi connectivity index (χ1v) is 15.1. The first kappa shape index (κ1) is 31.0. The minimum absolute atomic E-state index is 0.594. The van der Waals surface area contributed by atoms with Crippen LogP contribution in [0.2, 0.25) is 0 Å². The number of unbranched alkanes of at least 4 members (excludes halogenated alkanes) is 18. The summed E-state index contributed by atoms with van der Waals surface area (Å²) in [5.74, 6) is 0.906. The van der Waals surface area contributed by atoms with Crippen LogP contribution in [0.5, 0.6) is 0 Å². The highest BCUT2D eigenvalue weighted by atomic mass is 14.3. The third-order valence-electron chi connectivity index (χ3n) is 8.13. The Morgan fingerprint density at radius 3 is 1.13 bits per heavy atom. The molecule has 2 atom stereocenters. The molecule has 0 saturated carbocycles. The second-order valence-corrected chi connectivity index (χ2v) is 11.2. The van der Waals surface area contributed by atoms with Gasteiger partial charge in [-0.15, -0.1) is 0 Å². The fourth-order valence-electron chi connectivity index (χ4n) is 5.35. The maximum Gasteiger partial charge on any atom is -0.0300 e. The van der Waals surface area contributed by atoms with E-state index in [9.17, 15) is 0 Å². The van der Waals surface area contributed by atoms with Crippen LogP contribution in [0.1, 0.15) is 189 Å². The number of rotatable bonds is 25. The van der Waals surface area contributed by atoms with Crippen LogP contribution < -0.4 is 0 Å². The molecule has 2 unspecified atom stereocenters. The molecule has 0 aromatic carbocycles. The van der Waals surface area contributed by atoms with E-state index in [-0.39, 0.29) is 0 Å². The van der Waals surface area contributed by atoms with Crippen molar-refractivity contribution in [1.29, 1.82) is 0 Å². The summed E-state index contributed by atoms with van der Waals surface area (Å²) in [6, 6.07) is 0. The predicted octanol–water partition coefficient (Wildman–Crippen LogP) is 12.1. The molecule has 0 spiro atoms. The van der Waals surface area contributed by atoms with Gasteiger partial charge in [0, 0.05) is 0 Å². The van der Waals surface area contributed by atoms with Gasteiger partial charge in [0.2, 0.25) is 0 Å². The van der Waals surface area contributed by atoms with Gasteiger partial charge >= 0.3 is 0 Å². The first-order chi connectivity index (χ1) is 15.1. The van der Waals surface area contributed by atoms with Crippen LogP contribution in [0.3, 0.4) is 0 Å². The maximum atomic E-state index is 2.64. The molecule has 0 heterocycles. The number of hydrogen-bond donors (Lipinski definition) is 0. The van der Waals surface area contributed by atoms with Crippen molar-refractivity contribution < 1.29 is 0 Å². The average molecular weight is 437 g/mol. The van der Waals surface area contributed by atoms with Gasteiger partial charge in [-0.25, -0.2) is 0 Å². The van der Waals surface area contributed by atoms with Crippen molar-refractivity contribution in [1.82, 2.24) is 0 Å². The molecule has 0 aromatic rings. The molecule has 188 valence electrons. The van der Waals surface area contributed by atoms with Crippen LogP contribution in [-0.2, 0) is 0 Å². The zero-order valence-electron chi connectivity index (χ0n) is 23.0. The summed E-state index contributed by atoms with van der Waals surface area (Å²) in [5.41, 5.74) is 0.594. The van der Waals surface area contributed by atoms with Crippen LogP contribution in [-0.4, -0.2) is 0 Å². The lowest BCUT2D eigenvalue weighted by atomic mass is 9.69. The molecular formula is C31H64. The quantitative estimate of drug-likeness (QED) is 0.125. The van der Waals surface area contributed by atoms with Crippen molar-refractivity contribution in [2.45, 2.75) is 189 Å². The Balaban J connectivity index is 4.01. The van der Waals surface area contributed by atoms with Crippen LogP contribution in [0.25, 0.3) is 0 Å². The van der Waals surface area contributed by atoms with Crippen molar-refractivity contribution in [2.24, 2.45) is 11.3 Å². The molecule has 0 nitrogen and oxygen atoms in total. The molecule has 0 aromatic heterocycles. The standard InChI is InChI=1S/C31H64/c1-6-9-12-14-16-18-19-20-22-24-27-30(4)31(5,28-25-11-8-3)29-26-23-21-17-15-13-10-7-2/h30H,6-29H2,1-5H3. The van der Waals surface area contributed by atoms with E-state index in [1.54, 1.807) is 0 Å². The molecule has 0 N–H and O–H groups in total. The lowest BCUT2D eigenvalue weighted by Crippen LogP contribution is -2.25. The molecule has 0 aliphatic carbocycles. The normalized spacial score (nSPS) is 14.6. The van der Waals surface area contributed by atoms with Gasteiger partial charge in [0.25, 0.3) is 0 Å². The van der Waals surface area contributed by atoms with Crippen molar-refractivity contribution in [3.05, 3.63) is 0 Å². The molecule has 0 bridgehead atoms. The zero-order chi connectivity index (χ0) is 23.0. The molecule has 31 heavy (non-hydrogen) atoms. The average Bonchev–Trinajstić information content (AvgIpc) is 2.77. The summed E-state index contributed by atoms with van der Waals surface area (Å²) in [7, 11) is 0. The molecule has 0 rings (SSSR count). The van der Waals surface area contributed by atoms with E-state index >= 15 is 0 Å². The molecule has 0 heteroatoms. The highest BCUT2D eigenvalue weighted by molar-refractivity contribution is 4.80. The van der Waals surface area contributed by atoms with Gasteiger partial charge in [-0.1, -0.05) is 176 Å². The first-order valence-electron chi connectivity index (χ1n) is 15.1. The molecule has 0 aliphatic rings. The van der Waals surface area contributed by atoms with Crippen LogP contribution >= 0.6 is 0 Å². The van der Waals surface area contributed by atoms with Crippen molar-refractivity contribution in [3.63, 3.8) is 0 Å². The lowest BCUT2D eigenvalue weighted by Gasteiger charge is -2.37. The molecule has 0 aliphatic heterocycles. The van der Waals surface area contributed by atoms with Crippen molar-refractivity contribution in [3.8, 4) is 0 Å². The molecule has 0 saturated heterocycles. The highest BCUT2D eigenvalue weighted by Crippen LogP contribution is 2.41. The Labute approximate surface area is 200 Å². The third kappa shape index (κ3) is 19.2. The van der Waals surface area contributed by atoms with Gasteiger partial charge in [-0.2, -0.15) is 0 Å². The summed E-state index contributed by atoms with van der Waals surface area (Å²) in [4.78, 5) is 0. The topological polar surface area (TPSA) is 0 Å². The second kappa shape index (κ2) is 23.2. The maximum absolute atomic E-state index is 2.64. The lowest BCUT2D eigenvalue weighted by molar-refractivity contribution is 0.144. The molecular weight excluding hydrogens is 372 g/mol. The van der Waals surface area contributed by atoms with E-state index in [2.05, 4.69) is 34.6 Å². The smallest absolute Gasteiger partial charge is 0.0300 e. The van der Waals surface area contributed by atoms with E-state index in [0.717, 1.165) is 5.92 Å². The fraction of sp³-hybridized carbons (Fsp3) is 1.00. The van der Waals surface area contributed by atoms with Gasteiger partial charge in [-0.05, 0) is 24.2 Å². The highest BCUT2D eigenvalue weighted by Gasteiger charge is 2.29. The van der Waals surface area contributed by atoms with E-state index in [1.165, 1.54) is 154 Å². The van der Waals surface area contributed by atoms with Crippen LogP contribution in [0.4, 0.5) is 0 Å². The van der Waals surface area contributed by atoms with E-state index < -0.39 is 0 Å². The Morgan fingerprint density at radius 2 is 0.710 bits per heavy atom. The van der Waals surface area contributed by atoms with Gasteiger partial charge < -0.3 is 0 Å². The van der Waals surface area contributed by atoms with Gasteiger partial charge in [0.05, 0.1) is 0 Å². The van der Waals surface area contributed by atoms with Crippen molar-refractivity contribution >= 4 is 0 Å². The van der Waals surface area contributed by atoms with Crippen LogP contribution in [0, 0.1) is 11.3 Å². The molecule has 0 radical (unpaired) electrons. The molecule has 0 amide bonds.